The number of nitrogens with one attached hydrogen (secondary N) is 1. The molecule has 1 rings (SSSR count). The summed E-state index contributed by atoms with van der Waals surface area (Å²) in [6.07, 6.45) is 2.15. The van der Waals surface area contributed by atoms with E-state index in [2.05, 4.69) is 16.2 Å². The number of alkyl halides is 3. The third-order valence-corrected chi connectivity index (χ3v) is 2.66. The predicted octanol–water partition coefficient (Wildman–Crippen LogP) is 3.13. The van der Waals surface area contributed by atoms with Crippen LogP contribution in [0.3, 0.4) is 0 Å². The van der Waals surface area contributed by atoms with Gasteiger partial charge in [-0.1, -0.05) is 29.8 Å². The fraction of sp³-hybridized carbons (Fsp3) is 0.167. The van der Waals surface area contributed by atoms with Gasteiger partial charge >= 0.3 is 6.18 Å². The Balaban J connectivity index is 3.14. The van der Waals surface area contributed by atoms with Gasteiger partial charge in [0.15, 0.2) is 11.4 Å². The van der Waals surface area contributed by atoms with Gasteiger partial charge in [-0.3, -0.25) is 5.32 Å². The van der Waals surface area contributed by atoms with E-state index in [0.717, 1.165) is 17.8 Å². The number of amidine groups is 1. The Morgan fingerprint density at radius 3 is 2.68 bits per heavy atom. The van der Waals surface area contributed by atoms with E-state index in [4.69, 9.17) is 11.7 Å². The lowest BCUT2D eigenvalue weighted by Gasteiger charge is -2.10. The molecule has 19 heavy (non-hydrogen) atoms. The van der Waals surface area contributed by atoms with E-state index in [1.165, 1.54) is 18.2 Å². The first-order chi connectivity index (χ1) is 8.99. The van der Waals surface area contributed by atoms with E-state index in [9.17, 15) is 13.2 Å². The second-order valence-corrected chi connectivity index (χ2v) is 4.13. The maximum atomic E-state index is 12.7. The number of nitrogens with zero attached hydrogens (tertiary/aromatic N) is 2. The summed E-state index contributed by atoms with van der Waals surface area (Å²) in [5, 5.41) is 10.7. The van der Waals surface area contributed by atoms with Crippen molar-refractivity contribution in [3.63, 3.8) is 0 Å². The van der Waals surface area contributed by atoms with Gasteiger partial charge in [0.25, 0.3) is 0 Å². The molecular weight excluding hydrogens is 275 g/mol. The number of thioether (sulfide) groups is 1. The van der Waals surface area contributed by atoms with Gasteiger partial charge in [-0.25, -0.2) is 4.99 Å². The molecule has 1 aromatic rings. The third-order valence-electron chi connectivity index (χ3n) is 1.89. The molecule has 0 aromatic heterocycles. The lowest BCUT2D eigenvalue weighted by atomic mass is 10.2. The number of halogens is 3. The lowest BCUT2D eigenvalue weighted by Crippen LogP contribution is -2.14. The first-order valence-electron chi connectivity index (χ1n) is 4.95. The molecule has 0 aliphatic carbocycles. The zero-order valence-electron chi connectivity index (χ0n) is 9.53. The first kappa shape index (κ1) is 14.9. The molecule has 1 aromatic carbocycles. The molecule has 0 atom stereocenters. The topological polar surface area (TPSA) is 48.2 Å². The van der Waals surface area contributed by atoms with E-state index >= 15 is 0 Å². The van der Waals surface area contributed by atoms with E-state index in [-0.39, 0.29) is 16.6 Å². The van der Waals surface area contributed by atoms with Crippen molar-refractivity contribution in [2.75, 3.05) is 5.75 Å². The van der Waals surface area contributed by atoms with Gasteiger partial charge in [-0.15, -0.1) is 6.42 Å². The molecule has 0 unspecified atom stereocenters. The van der Waals surface area contributed by atoms with Crippen molar-refractivity contribution >= 4 is 22.6 Å². The SMILES string of the molecule is C#CCSC(=Nc1ccccc1C(F)(F)F)NC#N. The zero-order chi connectivity index (χ0) is 14.3. The van der Waals surface area contributed by atoms with Crippen molar-refractivity contribution in [3.05, 3.63) is 29.8 Å². The number of aliphatic imine (C=N–C) groups is 1. The molecule has 0 spiro atoms. The summed E-state index contributed by atoms with van der Waals surface area (Å²) in [6, 6.07) is 4.85. The Kier molecular flexibility index (Phi) is 5.28. The normalized spacial score (nSPS) is 11.5. The van der Waals surface area contributed by atoms with E-state index in [1.807, 2.05) is 0 Å². The molecule has 0 bridgehead atoms. The minimum atomic E-state index is -4.51. The molecular formula is C12H8F3N3S. The Bertz CT molecular complexity index is 553. The highest BCUT2D eigenvalue weighted by Gasteiger charge is 2.33. The highest BCUT2D eigenvalue weighted by atomic mass is 32.2. The summed E-state index contributed by atoms with van der Waals surface area (Å²) >= 11 is 0.973. The van der Waals surface area contributed by atoms with Gasteiger partial charge in [0.2, 0.25) is 0 Å². The fourth-order valence-corrected chi connectivity index (χ4v) is 1.68. The van der Waals surface area contributed by atoms with Crippen LogP contribution < -0.4 is 5.32 Å². The number of para-hydroxylation sites is 1. The second kappa shape index (κ2) is 6.72. The van der Waals surface area contributed by atoms with E-state index < -0.39 is 11.7 Å². The molecule has 0 aliphatic rings. The minimum absolute atomic E-state index is 0.0251. The number of terminal acetylenes is 1. The maximum Gasteiger partial charge on any atom is 0.418 e. The van der Waals surface area contributed by atoms with Gasteiger partial charge in [-0.2, -0.15) is 18.4 Å². The van der Waals surface area contributed by atoms with Crippen LogP contribution in [-0.4, -0.2) is 10.9 Å². The number of benzene rings is 1. The average molecular weight is 283 g/mol. The van der Waals surface area contributed by atoms with Crippen molar-refractivity contribution in [2.45, 2.75) is 6.18 Å². The summed E-state index contributed by atoms with van der Waals surface area (Å²) in [6.45, 7) is 0. The minimum Gasteiger partial charge on any atom is -0.271 e. The molecule has 7 heteroatoms. The Labute approximate surface area is 112 Å². The molecule has 1 N–H and O–H groups in total. The average Bonchev–Trinajstić information content (AvgIpc) is 2.35. The molecule has 98 valence electrons. The standard InChI is InChI=1S/C12H8F3N3S/c1-2-7-19-11(17-8-16)18-10-6-4-3-5-9(10)12(13,14)15/h1,3-6H,7H2,(H,17,18). The summed E-state index contributed by atoms with van der Waals surface area (Å²) in [7, 11) is 0. The van der Waals surface area contributed by atoms with Gasteiger partial charge in [0, 0.05) is 0 Å². The van der Waals surface area contributed by atoms with Gasteiger partial charge in [0.05, 0.1) is 17.0 Å². The van der Waals surface area contributed by atoms with Crippen molar-refractivity contribution in [2.24, 2.45) is 4.99 Å². The van der Waals surface area contributed by atoms with Crippen LogP contribution >= 0.6 is 11.8 Å². The summed E-state index contributed by atoms with van der Waals surface area (Å²) in [5.74, 6) is 2.49. The van der Waals surface area contributed by atoms with Gasteiger partial charge in [0.1, 0.15) is 0 Å². The molecule has 0 amide bonds. The van der Waals surface area contributed by atoms with Crippen molar-refractivity contribution in [3.8, 4) is 18.5 Å². The van der Waals surface area contributed by atoms with Crippen LogP contribution in [0.5, 0.6) is 0 Å². The Morgan fingerprint density at radius 1 is 1.42 bits per heavy atom. The number of rotatable bonds is 2. The van der Waals surface area contributed by atoms with Crippen LogP contribution in [0.2, 0.25) is 0 Å². The fourth-order valence-electron chi connectivity index (χ4n) is 1.17. The van der Waals surface area contributed by atoms with Crippen molar-refractivity contribution < 1.29 is 13.2 Å². The van der Waals surface area contributed by atoms with Crippen LogP contribution in [-0.2, 0) is 6.18 Å². The highest BCUT2D eigenvalue weighted by Crippen LogP contribution is 2.36. The first-order valence-corrected chi connectivity index (χ1v) is 5.94. The summed E-state index contributed by atoms with van der Waals surface area (Å²) < 4.78 is 38.2. The zero-order valence-corrected chi connectivity index (χ0v) is 10.3. The van der Waals surface area contributed by atoms with Crippen LogP contribution in [0.25, 0.3) is 0 Å². The van der Waals surface area contributed by atoms with Crippen LogP contribution in [0.15, 0.2) is 29.3 Å². The van der Waals surface area contributed by atoms with Crippen molar-refractivity contribution in [1.29, 1.82) is 5.26 Å². The lowest BCUT2D eigenvalue weighted by molar-refractivity contribution is -0.137. The summed E-state index contributed by atoms with van der Waals surface area (Å²) in [5.41, 5.74) is -1.13. The molecule has 0 heterocycles. The number of hydrogen-bond acceptors (Lipinski definition) is 3. The Hall–Kier alpha value is -2.12. The van der Waals surface area contributed by atoms with Crippen LogP contribution in [0, 0.1) is 23.8 Å². The molecule has 0 aliphatic heterocycles. The number of hydrogen-bond donors (Lipinski definition) is 1. The van der Waals surface area contributed by atoms with Crippen LogP contribution in [0.4, 0.5) is 18.9 Å². The predicted molar refractivity (Wildman–Crippen MR) is 68.6 cm³/mol. The monoisotopic (exact) mass is 283 g/mol. The largest absolute Gasteiger partial charge is 0.418 e. The molecule has 0 saturated carbocycles. The van der Waals surface area contributed by atoms with Crippen molar-refractivity contribution in [1.82, 2.24) is 5.32 Å². The quantitative estimate of drug-likeness (QED) is 0.298. The maximum absolute atomic E-state index is 12.7. The van der Waals surface area contributed by atoms with E-state index in [1.54, 1.807) is 6.19 Å². The highest BCUT2D eigenvalue weighted by molar-refractivity contribution is 8.14. The summed E-state index contributed by atoms with van der Waals surface area (Å²) in [4.78, 5) is 3.78. The molecule has 0 saturated heterocycles. The Morgan fingerprint density at radius 2 is 2.11 bits per heavy atom. The second-order valence-electron chi connectivity index (χ2n) is 3.16. The smallest absolute Gasteiger partial charge is 0.271 e. The molecule has 0 radical (unpaired) electrons. The van der Waals surface area contributed by atoms with Gasteiger partial charge in [-0.05, 0) is 12.1 Å². The number of nitriles is 1. The third kappa shape index (κ3) is 4.57. The van der Waals surface area contributed by atoms with Gasteiger partial charge < -0.3 is 0 Å². The molecule has 3 nitrogen and oxygen atoms in total. The molecule has 0 fully saturated rings. The van der Waals surface area contributed by atoms with E-state index in [0.29, 0.717) is 0 Å². The van der Waals surface area contributed by atoms with Crippen LogP contribution in [0.1, 0.15) is 5.56 Å².